The van der Waals surface area contributed by atoms with E-state index in [4.69, 9.17) is 38.0 Å². The number of nitrogens with two attached hydrogens (primary N) is 2. The number of nitrogens with one attached hydrogen (secondary N) is 1. The Hall–Kier alpha value is -3.48. The highest BCUT2D eigenvalue weighted by molar-refractivity contribution is 7.93. The van der Waals surface area contributed by atoms with Gasteiger partial charge < -0.3 is 25.8 Å². The highest BCUT2D eigenvalue weighted by Gasteiger charge is 2.27. The quantitative estimate of drug-likeness (QED) is 0.198. The van der Waals surface area contributed by atoms with Gasteiger partial charge in [-0.2, -0.15) is 0 Å². The van der Waals surface area contributed by atoms with Gasteiger partial charge in [0.15, 0.2) is 5.75 Å². The third-order valence-electron chi connectivity index (χ3n) is 5.97. The van der Waals surface area contributed by atoms with E-state index in [0.29, 0.717) is 37.2 Å². The lowest BCUT2D eigenvalue weighted by atomic mass is 10.1. The number of likely N-dealkylation sites (tertiary alicyclic amines) is 1. The summed E-state index contributed by atoms with van der Waals surface area (Å²) < 4.78 is 38.4. The van der Waals surface area contributed by atoms with Crippen molar-refractivity contribution in [2.75, 3.05) is 36.3 Å². The van der Waals surface area contributed by atoms with Crippen LogP contribution in [0.3, 0.4) is 0 Å². The van der Waals surface area contributed by atoms with Crippen LogP contribution in [-0.4, -0.2) is 69.3 Å². The molecule has 2 aromatic carbocycles. The van der Waals surface area contributed by atoms with Crippen molar-refractivity contribution in [1.82, 2.24) is 4.90 Å². The summed E-state index contributed by atoms with van der Waals surface area (Å²) in [4.78, 5) is 24.9. The maximum atomic E-state index is 13.2. The molecule has 218 valence electrons. The Morgan fingerprint density at radius 3 is 2.48 bits per heavy atom. The molecule has 1 saturated heterocycles. The lowest BCUT2D eigenvalue weighted by Crippen LogP contribution is -2.44. The number of ether oxygens (including phenoxy) is 2. The van der Waals surface area contributed by atoms with E-state index in [2.05, 4.69) is 0 Å². The van der Waals surface area contributed by atoms with Crippen molar-refractivity contribution >= 4 is 63.6 Å². The van der Waals surface area contributed by atoms with Crippen molar-refractivity contribution in [3.8, 4) is 5.75 Å². The zero-order chi connectivity index (χ0) is 28.6. The van der Waals surface area contributed by atoms with E-state index >= 15 is 0 Å². The first kappa shape index (κ1) is 32.7. The molecule has 5 N–H and O–H groups in total. The van der Waals surface area contributed by atoms with Crippen molar-refractivity contribution < 1.29 is 27.5 Å². The topological polar surface area (TPSA) is 169 Å². The summed E-state index contributed by atoms with van der Waals surface area (Å²) in [5.41, 5.74) is 12.4. The van der Waals surface area contributed by atoms with Crippen LogP contribution in [-0.2, 0) is 19.6 Å². The fourth-order valence-electron chi connectivity index (χ4n) is 4.02. The van der Waals surface area contributed by atoms with Crippen LogP contribution in [0.15, 0.2) is 48.5 Å². The summed E-state index contributed by atoms with van der Waals surface area (Å²) >= 11 is 6.48. The second kappa shape index (κ2) is 14.8. The average Bonchev–Trinajstić information content (AvgIpc) is 2.88. The van der Waals surface area contributed by atoms with Crippen LogP contribution in [0.1, 0.15) is 30.9 Å². The largest absolute Gasteiger partial charge is 0.489 e. The van der Waals surface area contributed by atoms with Crippen LogP contribution in [0.2, 0.25) is 5.02 Å². The van der Waals surface area contributed by atoms with Crippen molar-refractivity contribution in [3.63, 3.8) is 0 Å². The van der Waals surface area contributed by atoms with Gasteiger partial charge in [-0.05, 0) is 36.8 Å². The number of halogens is 2. The van der Waals surface area contributed by atoms with Gasteiger partial charge in [0.1, 0.15) is 17.7 Å². The lowest BCUT2D eigenvalue weighted by Gasteiger charge is -2.31. The summed E-state index contributed by atoms with van der Waals surface area (Å²) in [6.07, 6.45) is 4.29. The maximum Gasteiger partial charge on any atom is 0.323 e. The molecule has 0 aromatic heterocycles. The number of carbonyl (C=O) groups excluding carboxylic acids is 2. The van der Waals surface area contributed by atoms with Gasteiger partial charge in [0, 0.05) is 31.5 Å². The smallest absolute Gasteiger partial charge is 0.323 e. The molecular weight excluding hydrogens is 581 g/mol. The molecule has 0 atom stereocenters. The van der Waals surface area contributed by atoms with Crippen molar-refractivity contribution in [3.05, 3.63) is 64.7 Å². The molecule has 1 aliphatic rings. The number of benzene rings is 2. The van der Waals surface area contributed by atoms with Gasteiger partial charge in [0.25, 0.3) is 0 Å². The summed E-state index contributed by atoms with van der Waals surface area (Å²) in [6, 6.07) is 11.0. The third-order valence-corrected chi connectivity index (χ3v) is 7.90. The minimum Gasteiger partial charge on any atom is -0.489 e. The molecular formula is C26H33Cl2N5O6S. The van der Waals surface area contributed by atoms with Gasteiger partial charge in [-0.15, -0.1) is 12.4 Å². The van der Waals surface area contributed by atoms with Gasteiger partial charge in [0.05, 0.1) is 23.9 Å². The summed E-state index contributed by atoms with van der Waals surface area (Å²) in [5, 5.41) is 7.79. The van der Waals surface area contributed by atoms with E-state index in [1.165, 1.54) is 6.07 Å². The molecule has 0 aliphatic carbocycles. The molecule has 0 unspecified atom stereocenters. The number of urea groups is 1. The van der Waals surface area contributed by atoms with Crippen LogP contribution in [0, 0.1) is 5.41 Å². The van der Waals surface area contributed by atoms with Gasteiger partial charge in [-0.3, -0.25) is 14.5 Å². The van der Waals surface area contributed by atoms with E-state index < -0.39 is 27.8 Å². The number of nitrogen functional groups attached to an aromatic ring is 1. The van der Waals surface area contributed by atoms with Gasteiger partial charge >= 0.3 is 12.0 Å². The molecule has 1 heterocycles. The molecule has 14 heteroatoms. The fourth-order valence-corrected chi connectivity index (χ4v) is 5.52. The standard InChI is InChI=1S/C26H32ClN5O6S.ClH/c1-2-37-24(33)17-39(35,36)32(12-4-6-18-5-3-7-19(15-18)25(28)29)20-8-9-23(22(27)16-20)38-21-10-13-31(14-11-21)26(30)34;/h3-9,15-16,21H,2,10-14,17H2,1H3,(H3,28,29)(H2,30,34);1H/b6-4+;. The van der Waals surface area contributed by atoms with E-state index in [-0.39, 0.29) is 48.2 Å². The zero-order valence-electron chi connectivity index (χ0n) is 21.9. The number of sulfonamides is 1. The molecule has 1 aliphatic heterocycles. The van der Waals surface area contributed by atoms with E-state index in [1.807, 2.05) is 0 Å². The minimum absolute atomic E-state index is 0. The van der Waals surface area contributed by atoms with Crippen molar-refractivity contribution in [2.45, 2.75) is 25.9 Å². The van der Waals surface area contributed by atoms with E-state index in [9.17, 15) is 18.0 Å². The van der Waals surface area contributed by atoms with Crippen molar-refractivity contribution in [1.29, 1.82) is 5.41 Å². The number of hydrogen-bond acceptors (Lipinski definition) is 7. The van der Waals surface area contributed by atoms with E-state index in [1.54, 1.807) is 60.4 Å². The predicted molar refractivity (Wildman–Crippen MR) is 158 cm³/mol. The second-order valence-corrected chi connectivity index (χ2v) is 11.1. The Labute approximate surface area is 245 Å². The Balaban J connectivity index is 0.00000560. The van der Waals surface area contributed by atoms with Crippen molar-refractivity contribution in [2.24, 2.45) is 11.5 Å². The Bertz CT molecular complexity index is 1350. The summed E-state index contributed by atoms with van der Waals surface area (Å²) in [5.74, 6) is -1.42. The number of amides is 2. The number of rotatable bonds is 11. The molecule has 2 aromatic rings. The van der Waals surface area contributed by atoms with Crippen LogP contribution in [0.25, 0.3) is 6.08 Å². The number of esters is 1. The van der Waals surface area contributed by atoms with E-state index in [0.717, 1.165) is 9.87 Å². The average molecular weight is 615 g/mol. The number of nitrogens with zero attached hydrogens (tertiary/aromatic N) is 2. The minimum atomic E-state index is -4.14. The monoisotopic (exact) mass is 613 g/mol. The molecule has 0 radical (unpaired) electrons. The normalized spacial score (nSPS) is 13.9. The molecule has 0 saturated carbocycles. The van der Waals surface area contributed by atoms with Crippen LogP contribution < -0.4 is 20.5 Å². The molecule has 3 rings (SSSR count). The molecule has 0 spiro atoms. The van der Waals surface area contributed by atoms with Crippen LogP contribution >= 0.6 is 24.0 Å². The SMILES string of the molecule is CCOC(=O)CS(=O)(=O)N(C/C=C/c1cccc(C(=N)N)c1)c1ccc(OC2CCN(C(N)=O)CC2)c(Cl)c1.Cl. The van der Waals surface area contributed by atoms with Gasteiger partial charge in [-0.25, -0.2) is 13.2 Å². The molecule has 40 heavy (non-hydrogen) atoms. The lowest BCUT2D eigenvalue weighted by molar-refractivity contribution is -0.139. The number of hydrogen-bond donors (Lipinski definition) is 3. The first-order valence-corrected chi connectivity index (χ1v) is 14.3. The fraction of sp³-hybridized carbons (Fsp3) is 0.346. The summed E-state index contributed by atoms with van der Waals surface area (Å²) in [6.45, 7) is 2.48. The Morgan fingerprint density at radius 2 is 1.88 bits per heavy atom. The molecule has 11 nitrogen and oxygen atoms in total. The van der Waals surface area contributed by atoms with Gasteiger partial charge in [0.2, 0.25) is 10.0 Å². The molecule has 2 amide bonds. The highest BCUT2D eigenvalue weighted by Crippen LogP contribution is 2.32. The number of carbonyl (C=O) groups is 2. The number of anilines is 1. The van der Waals surface area contributed by atoms with Crippen LogP contribution in [0.4, 0.5) is 10.5 Å². The van der Waals surface area contributed by atoms with Gasteiger partial charge in [-0.1, -0.05) is 42.0 Å². The number of amidine groups is 1. The Morgan fingerprint density at radius 1 is 1.18 bits per heavy atom. The first-order valence-electron chi connectivity index (χ1n) is 12.3. The second-order valence-electron chi connectivity index (χ2n) is 8.79. The van der Waals surface area contributed by atoms with Crippen LogP contribution in [0.5, 0.6) is 5.75 Å². The molecule has 0 bridgehead atoms. The first-order chi connectivity index (χ1) is 18.5. The predicted octanol–water partition coefficient (Wildman–Crippen LogP) is 3.38. The number of piperidine rings is 1. The number of primary amides is 1. The zero-order valence-corrected chi connectivity index (χ0v) is 24.3. The molecule has 1 fully saturated rings. The third kappa shape index (κ3) is 9.04. The maximum absolute atomic E-state index is 13.2. The Kier molecular flexibility index (Phi) is 12.1. The summed E-state index contributed by atoms with van der Waals surface area (Å²) in [7, 11) is -4.14. The highest BCUT2D eigenvalue weighted by atomic mass is 35.5.